The second-order valence-electron chi connectivity index (χ2n) is 17.3. The summed E-state index contributed by atoms with van der Waals surface area (Å²) in [6, 6.07) is 0. The number of aliphatic hydroxyl groups is 5. The summed E-state index contributed by atoms with van der Waals surface area (Å²) in [5.74, 6) is -0.482. The zero-order valence-corrected chi connectivity index (χ0v) is 39.4. The van der Waals surface area contributed by atoms with Crippen molar-refractivity contribution in [1.29, 1.82) is 0 Å². The minimum absolute atomic E-state index is 0.0756. The van der Waals surface area contributed by atoms with Gasteiger partial charge in [-0.2, -0.15) is 0 Å². The second kappa shape index (κ2) is 39.2. The number of carbonyl (C=O) groups excluding carboxylic acids is 1. The molecule has 0 aliphatic heterocycles. The number of aliphatic hydroxyl groups excluding tert-OH is 5. The number of phosphoric ester groups is 1. The molecule has 1 aliphatic rings. The van der Waals surface area contributed by atoms with E-state index in [1.165, 1.54) is 128 Å². The van der Waals surface area contributed by atoms with Gasteiger partial charge in [-0.25, -0.2) is 4.57 Å². The molecule has 0 radical (unpaired) electrons. The number of rotatable bonds is 42. The standard InChI is InChI=1S/C48H91O12P/c1-3-5-7-9-11-13-15-17-19-21-22-23-25-27-29-31-33-35-37-42(49)59-41(40-58-61(55,56)60-48-46(53)44(51)43(50)45(52)47(48)54)39-57-38-36-34-32-30-28-26-24-20-18-16-14-12-10-8-6-4-2/h13,15,19,21,41,43-48,50-54H,3-12,14,16-18,20,22-40H2,1-2H3,(H,55,56)/b15-13-,21-19-. The zero-order chi connectivity index (χ0) is 44.8. The topological polar surface area (TPSA) is 192 Å². The lowest BCUT2D eigenvalue weighted by molar-refractivity contribution is -0.220. The van der Waals surface area contributed by atoms with E-state index >= 15 is 0 Å². The summed E-state index contributed by atoms with van der Waals surface area (Å²) in [5.41, 5.74) is 0. The Bertz CT molecular complexity index is 1110. The molecular formula is C48H91O12P. The first-order valence-corrected chi connectivity index (χ1v) is 26.2. The summed E-state index contributed by atoms with van der Waals surface area (Å²) >= 11 is 0. The van der Waals surface area contributed by atoms with Crippen LogP contribution in [-0.4, -0.2) is 98.9 Å². The Morgan fingerprint density at radius 1 is 0.525 bits per heavy atom. The van der Waals surface area contributed by atoms with Gasteiger partial charge in [-0.3, -0.25) is 13.8 Å². The number of phosphoric acid groups is 1. The third-order valence-corrected chi connectivity index (χ3v) is 12.6. The van der Waals surface area contributed by atoms with E-state index in [1.807, 2.05) is 0 Å². The van der Waals surface area contributed by atoms with Crippen LogP contribution in [0.25, 0.3) is 0 Å². The highest BCUT2D eigenvalue weighted by Crippen LogP contribution is 2.47. The van der Waals surface area contributed by atoms with E-state index in [4.69, 9.17) is 18.5 Å². The normalized spacial score (nSPS) is 22.3. The predicted molar refractivity (Wildman–Crippen MR) is 244 cm³/mol. The van der Waals surface area contributed by atoms with Crippen LogP contribution in [0.1, 0.15) is 213 Å². The van der Waals surface area contributed by atoms with E-state index in [9.17, 15) is 39.8 Å². The molecule has 0 aromatic carbocycles. The number of carbonyl (C=O) groups is 1. The van der Waals surface area contributed by atoms with Gasteiger partial charge in [-0.15, -0.1) is 0 Å². The van der Waals surface area contributed by atoms with Crippen molar-refractivity contribution in [2.45, 2.75) is 256 Å². The third-order valence-electron chi connectivity index (χ3n) is 11.6. The Hall–Kier alpha value is -1.18. The average molecular weight is 891 g/mol. The molecule has 0 saturated heterocycles. The number of esters is 1. The molecule has 6 unspecified atom stereocenters. The van der Waals surface area contributed by atoms with Gasteiger partial charge in [-0.1, -0.05) is 186 Å². The number of hydrogen-bond acceptors (Lipinski definition) is 11. The minimum atomic E-state index is -5.02. The summed E-state index contributed by atoms with van der Waals surface area (Å²) in [4.78, 5) is 23.2. The lowest BCUT2D eigenvalue weighted by Crippen LogP contribution is -2.64. The molecule has 6 atom stereocenters. The molecule has 1 saturated carbocycles. The quantitative estimate of drug-likeness (QED) is 0.0147. The molecule has 1 rings (SSSR count). The Labute approximate surface area is 370 Å². The summed E-state index contributed by atoms with van der Waals surface area (Å²) in [5, 5.41) is 50.2. The fraction of sp³-hybridized carbons (Fsp3) is 0.896. The zero-order valence-electron chi connectivity index (χ0n) is 38.5. The van der Waals surface area contributed by atoms with Gasteiger partial charge >= 0.3 is 13.8 Å². The molecule has 0 bridgehead atoms. The molecule has 0 amide bonds. The van der Waals surface area contributed by atoms with Crippen molar-refractivity contribution in [2.75, 3.05) is 19.8 Å². The third kappa shape index (κ3) is 31.4. The number of hydrogen-bond donors (Lipinski definition) is 6. The van der Waals surface area contributed by atoms with Crippen molar-refractivity contribution in [3.05, 3.63) is 24.3 Å². The molecule has 0 aromatic rings. The summed E-state index contributed by atoms with van der Waals surface area (Å²) in [6.45, 7) is 4.26. The van der Waals surface area contributed by atoms with Crippen molar-refractivity contribution in [3.8, 4) is 0 Å². The highest BCUT2D eigenvalue weighted by Gasteiger charge is 2.51. The Morgan fingerprint density at radius 3 is 1.39 bits per heavy atom. The van der Waals surface area contributed by atoms with E-state index in [0.29, 0.717) is 13.0 Å². The van der Waals surface area contributed by atoms with Gasteiger partial charge in [0, 0.05) is 13.0 Å². The molecule has 6 N–H and O–H groups in total. The van der Waals surface area contributed by atoms with Crippen LogP contribution in [-0.2, 0) is 27.9 Å². The van der Waals surface area contributed by atoms with Crippen LogP contribution in [0.5, 0.6) is 0 Å². The molecule has 360 valence electrons. The molecule has 12 nitrogen and oxygen atoms in total. The van der Waals surface area contributed by atoms with Gasteiger partial charge in [0.15, 0.2) is 0 Å². The number of ether oxygens (including phenoxy) is 2. The largest absolute Gasteiger partial charge is 0.472 e. The average Bonchev–Trinajstić information content (AvgIpc) is 3.24. The summed E-state index contributed by atoms with van der Waals surface area (Å²) in [6.07, 6.45) is 32.4. The first-order valence-electron chi connectivity index (χ1n) is 24.7. The number of allylic oxidation sites excluding steroid dienone is 4. The Balaban J connectivity index is 2.37. The van der Waals surface area contributed by atoms with Gasteiger partial charge in [0.2, 0.25) is 0 Å². The molecule has 0 heterocycles. The maximum atomic E-state index is 12.8. The van der Waals surface area contributed by atoms with Crippen LogP contribution in [0, 0.1) is 0 Å². The van der Waals surface area contributed by atoms with E-state index in [1.54, 1.807) is 0 Å². The lowest BCUT2D eigenvalue weighted by atomic mass is 9.85. The summed E-state index contributed by atoms with van der Waals surface area (Å²) in [7, 11) is -5.02. The molecule has 1 fully saturated rings. The van der Waals surface area contributed by atoms with Crippen LogP contribution in [0.3, 0.4) is 0 Å². The van der Waals surface area contributed by atoms with Gasteiger partial charge < -0.3 is 39.9 Å². The molecule has 61 heavy (non-hydrogen) atoms. The van der Waals surface area contributed by atoms with Crippen molar-refractivity contribution >= 4 is 13.8 Å². The van der Waals surface area contributed by atoms with Gasteiger partial charge in [0.05, 0.1) is 13.2 Å². The smallest absolute Gasteiger partial charge is 0.457 e. The van der Waals surface area contributed by atoms with E-state index in [0.717, 1.165) is 57.8 Å². The van der Waals surface area contributed by atoms with Gasteiger partial charge in [0.1, 0.15) is 42.7 Å². The number of unbranched alkanes of at least 4 members (excludes halogenated alkanes) is 26. The van der Waals surface area contributed by atoms with Gasteiger partial charge in [-0.05, 0) is 44.9 Å². The Kier molecular flexibility index (Phi) is 37.2. The fourth-order valence-electron chi connectivity index (χ4n) is 7.62. The molecule has 1 aliphatic carbocycles. The predicted octanol–water partition coefficient (Wildman–Crippen LogP) is 10.5. The van der Waals surface area contributed by atoms with Gasteiger partial charge in [0.25, 0.3) is 0 Å². The molecule has 0 spiro atoms. The molecular weight excluding hydrogens is 799 g/mol. The van der Waals surface area contributed by atoms with Crippen molar-refractivity contribution < 1.29 is 58.3 Å². The second-order valence-corrected chi connectivity index (χ2v) is 18.7. The van der Waals surface area contributed by atoms with E-state index in [2.05, 4.69) is 38.2 Å². The SMILES string of the molecule is CCCCCC/C=C\C/C=C\CCCCCCCCCC(=O)OC(COCCCCCCCCCCCCCCCCCC)COP(=O)(O)OC1C(O)C(O)C(O)C(O)C1O. The first kappa shape index (κ1) is 57.8. The summed E-state index contributed by atoms with van der Waals surface area (Å²) < 4.78 is 34.2. The van der Waals surface area contributed by atoms with Crippen molar-refractivity contribution in [1.82, 2.24) is 0 Å². The van der Waals surface area contributed by atoms with Crippen LogP contribution in [0.2, 0.25) is 0 Å². The maximum Gasteiger partial charge on any atom is 0.472 e. The monoisotopic (exact) mass is 891 g/mol. The van der Waals surface area contributed by atoms with Crippen LogP contribution < -0.4 is 0 Å². The lowest BCUT2D eigenvalue weighted by Gasteiger charge is -2.41. The van der Waals surface area contributed by atoms with E-state index in [-0.39, 0.29) is 13.0 Å². The maximum absolute atomic E-state index is 12.8. The minimum Gasteiger partial charge on any atom is -0.457 e. The Morgan fingerprint density at radius 2 is 0.918 bits per heavy atom. The highest BCUT2D eigenvalue weighted by molar-refractivity contribution is 7.47. The van der Waals surface area contributed by atoms with Crippen molar-refractivity contribution in [3.63, 3.8) is 0 Å². The highest BCUT2D eigenvalue weighted by atomic mass is 31.2. The van der Waals surface area contributed by atoms with E-state index < -0.39 is 63.1 Å². The first-order chi connectivity index (χ1) is 29.5. The molecule has 13 heteroatoms. The fourth-order valence-corrected chi connectivity index (χ4v) is 8.59. The van der Waals surface area contributed by atoms with Crippen LogP contribution >= 0.6 is 7.82 Å². The van der Waals surface area contributed by atoms with Crippen LogP contribution in [0.15, 0.2) is 24.3 Å². The molecule has 0 aromatic heterocycles. The van der Waals surface area contributed by atoms with Crippen LogP contribution in [0.4, 0.5) is 0 Å². The van der Waals surface area contributed by atoms with Crippen molar-refractivity contribution in [2.24, 2.45) is 0 Å².